The summed E-state index contributed by atoms with van der Waals surface area (Å²) < 4.78 is 1.91. The van der Waals surface area contributed by atoms with Gasteiger partial charge in [0, 0.05) is 15.4 Å². The second kappa shape index (κ2) is 6.21. The lowest BCUT2D eigenvalue weighted by Crippen LogP contribution is -2.03. The van der Waals surface area contributed by atoms with E-state index >= 15 is 0 Å². The summed E-state index contributed by atoms with van der Waals surface area (Å²) in [5.41, 5.74) is 4.54. The number of aliphatic hydroxyl groups excluding tert-OH is 1. The van der Waals surface area contributed by atoms with Gasteiger partial charge in [0.1, 0.15) is 0 Å². The van der Waals surface area contributed by atoms with Crippen LogP contribution in [0, 0.1) is 13.8 Å². The molecular weight excluding hydrogens is 368 g/mol. The summed E-state index contributed by atoms with van der Waals surface area (Å²) in [5, 5.41) is 10.4. The maximum atomic E-state index is 10.4. The maximum absolute atomic E-state index is 10.4. The molecule has 3 heteroatoms. The third-order valence-electron chi connectivity index (χ3n) is 3.03. The van der Waals surface area contributed by atoms with Gasteiger partial charge in [-0.2, -0.15) is 0 Å². The Bertz CT molecular complexity index is 573. The normalized spacial score (nSPS) is 12.5. The van der Waals surface area contributed by atoms with E-state index in [1.54, 1.807) is 0 Å². The van der Waals surface area contributed by atoms with Crippen LogP contribution in [0.1, 0.15) is 28.4 Å². The number of rotatable bonds is 3. The summed E-state index contributed by atoms with van der Waals surface area (Å²) in [4.78, 5) is 0. The number of hydrogen-bond donors (Lipinski definition) is 1. The Labute approximate surface area is 130 Å². The molecule has 0 bridgehead atoms. The average molecular weight is 384 g/mol. The van der Waals surface area contributed by atoms with Crippen molar-refractivity contribution >= 4 is 31.9 Å². The first kappa shape index (κ1) is 14.8. The highest BCUT2D eigenvalue weighted by Gasteiger charge is 2.13. The van der Waals surface area contributed by atoms with E-state index in [-0.39, 0.29) is 0 Å². The number of halogens is 2. The van der Waals surface area contributed by atoms with E-state index in [1.165, 1.54) is 11.1 Å². The Kier molecular flexibility index (Phi) is 4.82. The molecule has 1 unspecified atom stereocenters. The van der Waals surface area contributed by atoms with Gasteiger partial charge in [-0.1, -0.05) is 61.2 Å². The van der Waals surface area contributed by atoms with Crippen LogP contribution in [-0.4, -0.2) is 5.11 Å². The van der Waals surface area contributed by atoms with Crippen LogP contribution in [0.3, 0.4) is 0 Å². The second-order valence-corrected chi connectivity index (χ2v) is 6.65. The van der Waals surface area contributed by atoms with Gasteiger partial charge in [-0.05, 0) is 43.2 Å². The predicted octanol–water partition coefficient (Wildman–Crippen LogP) is 5.10. The third-order valence-corrected chi connectivity index (χ3v) is 4.24. The van der Waals surface area contributed by atoms with Crippen molar-refractivity contribution in [3.05, 3.63) is 67.6 Å². The van der Waals surface area contributed by atoms with E-state index in [2.05, 4.69) is 63.9 Å². The maximum Gasteiger partial charge on any atom is 0.0841 e. The molecule has 100 valence electrons. The lowest BCUT2D eigenvalue weighted by molar-refractivity contribution is 0.177. The quantitative estimate of drug-likeness (QED) is 0.781. The van der Waals surface area contributed by atoms with Gasteiger partial charge in [-0.3, -0.25) is 0 Å². The predicted molar refractivity (Wildman–Crippen MR) is 86.4 cm³/mol. The van der Waals surface area contributed by atoms with Crippen molar-refractivity contribution in [1.82, 2.24) is 0 Å². The van der Waals surface area contributed by atoms with Crippen molar-refractivity contribution in [3.8, 4) is 0 Å². The van der Waals surface area contributed by atoms with Gasteiger partial charge in [0.2, 0.25) is 0 Å². The molecule has 0 aliphatic heterocycles. The molecule has 0 fully saturated rings. The molecule has 1 atom stereocenters. The van der Waals surface area contributed by atoms with E-state index in [0.717, 1.165) is 20.1 Å². The zero-order valence-corrected chi connectivity index (χ0v) is 14.1. The standard InChI is InChI=1S/C16H16Br2O/c1-10-5-11(2)7-12(6-10)8-16(19)14-9-13(17)3-4-15(14)18/h3-7,9,16,19H,8H2,1-2H3. The molecule has 0 aliphatic carbocycles. The summed E-state index contributed by atoms with van der Waals surface area (Å²) in [7, 11) is 0. The van der Waals surface area contributed by atoms with E-state index in [0.29, 0.717) is 6.42 Å². The highest BCUT2D eigenvalue weighted by atomic mass is 79.9. The van der Waals surface area contributed by atoms with Crippen LogP contribution >= 0.6 is 31.9 Å². The fourth-order valence-electron chi connectivity index (χ4n) is 2.29. The molecule has 0 heterocycles. The van der Waals surface area contributed by atoms with Crippen LogP contribution in [0.5, 0.6) is 0 Å². The smallest absolute Gasteiger partial charge is 0.0841 e. The first-order valence-corrected chi connectivity index (χ1v) is 7.74. The van der Waals surface area contributed by atoms with Crippen LogP contribution in [0.15, 0.2) is 45.3 Å². The molecule has 0 aliphatic rings. The van der Waals surface area contributed by atoms with Gasteiger partial charge in [0.25, 0.3) is 0 Å². The van der Waals surface area contributed by atoms with Crippen molar-refractivity contribution < 1.29 is 5.11 Å². The molecule has 0 spiro atoms. The molecule has 2 rings (SSSR count). The van der Waals surface area contributed by atoms with Crippen molar-refractivity contribution in [2.45, 2.75) is 26.4 Å². The molecule has 0 aromatic heterocycles. The topological polar surface area (TPSA) is 20.2 Å². The van der Waals surface area contributed by atoms with Crippen molar-refractivity contribution in [1.29, 1.82) is 0 Å². The number of hydrogen-bond acceptors (Lipinski definition) is 1. The fraction of sp³-hybridized carbons (Fsp3) is 0.250. The summed E-state index contributed by atoms with van der Waals surface area (Å²) in [6.07, 6.45) is 0.116. The molecule has 0 saturated carbocycles. The third kappa shape index (κ3) is 3.91. The Morgan fingerprint density at radius 3 is 2.26 bits per heavy atom. The van der Waals surface area contributed by atoms with Gasteiger partial charge in [-0.25, -0.2) is 0 Å². The molecule has 0 amide bonds. The van der Waals surface area contributed by atoms with Gasteiger partial charge < -0.3 is 5.11 Å². The molecule has 2 aromatic carbocycles. The van der Waals surface area contributed by atoms with Crippen LogP contribution in [0.2, 0.25) is 0 Å². The Morgan fingerprint density at radius 2 is 1.63 bits per heavy atom. The molecule has 19 heavy (non-hydrogen) atoms. The fourth-order valence-corrected chi connectivity index (χ4v) is 3.18. The van der Waals surface area contributed by atoms with Gasteiger partial charge >= 0.3 is 0 Å². The highest BCUT2D eigenvalue weighted by Crippen LogP contribution is 2.29. The van der Waals surface area contributed by atoms with Crippen LogP contribution in [-0.2, 0) is 6.42 Å². The molecular formula is C16H16Br2O. The second-order valence-electron chi connectivity index (χ2n) is 4.88. The summed E-state index contributed by atoms with van der Waals surface area (Å²) >= 11 is 6.93. The molecule has 2 aromatic rings. The molecule has 0 saturated heterocycles. The van der Waals surface area contributed by atoms with Gasteiger partial charge in [-0.15, -0.1) is 0 Å². The summed E-state index contributed by atoms with van der Waals surface area (Å²) in [6.45, 7) is 4.16. The lowest BCUT2D eigenvalue weighted by Gasteiger charge is -2.14. The van der Waals surface area contributed by atoms with E-state index in [4.69, 9.17) is 0 Å². The van der Waals surface area contributed by atoms with Gasteiger partial charge in [0.15, 0.2) is 0 Å². The minimum absolute atomic E-state index is 0.506. The van der Waals surface area contributed by atoms with Gasteiger partial charge in [0.05, 0.1) is 6.10 Å². The average Bonchev–Trinajstić information content (AvgIpc) is 2.30. The lowest BCUT2D eigenvalue weighted by atomic mass is 9.98. The van der Waals surface area contributed by atoms with Crippen molar-refractivity contribution in [2.24, 2.45) is 0 Å². The summed E-state index contributed by atoms with van der Waals surface area (Å²) in [6, 6.07) is 12.3. The zero-order chi connectivity index (χ0) is 14.0. The number of aryl methyl sites for hydroxylation is 2. The monoisotopic (exact) mass is 382 g/mol. The highest BCUT2D eigenvalue weighted by molar-refractivity contribution is 9.11. The molecule has 1 nitrogen and oxygen atoms in total. The Morgan fingerprint density at radius 1 is 1.00 bits per heavy atom. The molecule has 1 N–H and O–H groups in total. The molecule has 0 radical (unpaired) electrons. The van der Waals surface area contributed by atoms with Crippen molar-refractivity contribution in [2.75, 3.05) is 0 Å². The van der Waals surface area contributed by atoms with Crippen molar-refractivity contribution in [3.63, 3.8) is 0 Å². The van der Waals surface area contributed by atoms with E-state index < -0.39 is 6.10 Å². The minimum atomic E-state index is -0.506. The largest absolute Gasteiger partial charge is 0.388 e. The first-order valence-electron chi connectivity index (χ1n) is 6.16. The number of benzene rings is 2. The summed E-state index contributed by atoms with van der Waals surface area (Å²) in [5.74, 6) is 0. The minimum Gasteiger partial charge on any atom is -0.388 e. The SMILES string of the molecule is Cc1cc(C)cc(CC(O)c2cc(Br)ccc2Br)c1. The van der Waals surface area contributed by atoms with Crippen LogP contribution < -0.4 is 0 Å². The zero-order valence-electron chi connectivity index (χ0n) is 11.0. The van der Waals surface area contributed by atoms with E-state index in [9.17, 15) is 5.11 Å². The van der Waals surface area contributed by atoms with Crippen LogP contribution in [0.25, 0.3) is 0 Å². The first-order chi connectivity index (χ1) is 8.95. The van der Waals surface area contributed by atoms with E-state index in [1.807, 2.05) is 18.2 Å². The van der Waals surface area contributed by atoms with Crippen LogP contribution in [0.4, 0.5) is 0 Å². The Balaban J connectivity index is 2.25. The number of aliphatic hydroxyl groups is 1. The Hall–Kier alpha value is -0.640.